The van der Waals surface area contributed by atoms with Crippen LogP contribution in [0.25, 0.3) is 0 Å². The third-order valence-corrected chi connectivity index (χ3v) is 5.31. The molecule has 0 unspecified atom stereocenters. The quantitative estimate of drug-likeness (QED) is 0.789. The number of amides is 1. The molecule has 0 saturated heterocycles. The van der Waals surface area contributed by atoms with Crippen LogP contribution in [0.15, 0.2) is 35.4 Å². The molecule has 25 heavy (non-hydrogen) atoms. The maximum Gasteiger partial charge on any atom is 0.240 e. The fourth-order valence-corrected chi connectivity index (χ4v) is 3.76. The molecule has 0 radical (unpaired) electrons. The molecule has 0 aliphatic rings. The van der Waals surface area contributed by atoms with Crippen LogP contribution in [0.3, 0.4) is 0 Å². The lowest BCUT2D eigenvalue weighted by Gasteiger charge is -2.12. The Balaban J connectivity index is 1.94. The summed E-state index contributed by atoms with van der Waals surface area (Å²) in [6.45, 7) is 7.52. The van der Waals surface area contributed by atoms with Gasteiger partial charge in [-0.25, -0.2) is 17.8 Å². The molecule has 2 N–H and O–H groups in total. The molecule has 0 aliphatic carbocycles. The van der Waals surface area contributed by atoms with Crippen LogP contribution in [-0.4, -0.2) is 30.7 Å². The molecule has 2 aromatic rings. The molecule has 0 aliphatic heterocycles. The van der Waals surface area contributed by atoms with Crippen LogP contribution in [0, 0.1) is 13.8 Å². The highest BCUT2D eigenvalue weighted by molar-refractivity contribution is 7.89. The summed E-state index contributed by atoms with van der Waals surface area (Å²) in [7, 11) is -3.64. The second-order valence-corrected chi connectivity index (χ2v) is 7.96. The van der Waals surface area contributed by atoms with E-state index in [1.807, 2.05) is 26.8 Å². The summed E-state index contributed by atoms with van der Waals surface area (Å²) in [6, 6.07) is 7.08. The first-order valence-electron chi connectivity index (χ1n) is 8.11. The number of rotatable bonds is 7. The minimum Gasteiger partial charge on any atom is -0.311 e. The van der Waals surface area contributed by atoms with Crippen molar-refractivity contribution >= 4 is 21.7 Å². The van der Waals surface area contributed by atoms with Gasteiger partial charge < -0.3 is 5.32 Å². The van der Waals surface area contributed by atoms with Gasteiger partial charge in [0.05, 0.1) is 11.1 Å². The van der Waals surface area contributed by atoms with E-state index < -0.39 is 10.0 Å². The van der Waals surface area contributed by atoms with Crippen molar-refractivity contribution in [3.63, 3.8) is 0 Å². The van der Waals surface area contributed by atoms with Crippen LogP contribution in [0.5, 0.6) is 0 Å². The van der Waals surface area contributed by atoms with E-state index in [1.165, 1.54) is 0 Å². The number of hydrogen-bond donors (Lipinski definition) is 2. The minimum absolute atomic E-state index is 0.0252. The normalized spacial score (nSPS) is 11.7. The highest BCUT2D eigenvalue weighted by atomic mass is 32.2. The molecule has 0 fully saturated rings. The van der Waals surface area contributed by atoms with Crippen molar-refractivity contribution in [1.29, 1.82) is 0 Å². The number of aryl methyl sites for hydroxylation is 2. The zero-order chi connectivity index (χ0) is 18.6. The van der Waals surface area contributed by atoms with Crippen molar-refractivity contribution in [3.05, 3.63) is 41.6 Å². The number of nitrogens with one attached hydrogen (secondary N) is 2. The monoisotopic (exact) mass is 364 g/mol. The van der Waals surface area contributed by atoms with E-state index in [0.717, 1.165) is 5.56 Å². The average Bonchev–Trinajstić information content (AvgIpc) is 2.97. The number of aromatic nitrogens is 2. The summed E-state index contributed by atoms with van der Waals surface area (Å²) in [5.74, 6) is 0.323. The molecule has 8 heteroatoms. The van der Waals surface area contributed by atoms with Gasteiger partial charge in [0.15, 0.2) is 0 Å². The second kappa shape index (κ2) is 7.79. The highest BCUT2D eigenvalue weighted by Crippen LogP contribution is 2.16. The first-order valence-corrected chi connectivity index (χ1v) is 9.59. The standard InChI is InChI=1S/C17H24N4O3S/c1-12(2)21-16(7-9-18-21)20-17(22)8-10-19-25(23,24)15-11-13(3)5-6-14(15)4/h5-7,9,11-12,19H,8,10H2,1-4H3,(H,20,22). The van der Waals surface area contributed by atoms with E-state index in [2.05, 4.69) is 15.1 Å². The molecule has 0 bridgehead atoms. The SMILES string of the molecule is Cc1ccc(C)c(S(=O)(=O)NCCC(=O)Nc2ccnn2C(C)C)c1. The van der Waals surface area contributed by atoms with Crippen molar-refractivity contribution in [2.24, 2.45) is 0 Å². The number of hydrogen-bond acceptors (Lipinski definition) is 4. The number of nitrogens with zero attached hydrogens (tertiary/aromatic N) is 2. The van der Waals surface area contributed by atoms with Gasteiger partial charge in [-0.05, 0) is 44.9 Å². The van der Waals surface area contributed by atoms with E-state index >= 15 is 0 Å². The summed E-state index contributed by atoms with van der Waals surface area (Å²) in [4.78, 5) is 12.3. The predicted octanol–water partition coefficient (Wildman–Crippen LogP) is 2.39. The Morgan fingerprint density at radius 1 is 1.24 bits per heavy atom. The molecule has 1 aromatic heterocycles. The van der Waals surface area contributed by atoms with Gasteiger partial charge in [-0.2, -0.15) is 5.10 Å². The smallest absolute Gasteiger partial charge is 0.240 e. The lowest BCUT2D eigenvalue weighted by atomic mass is 10.2. The van der Waals surface area contributed by atoms with Crippen LogP contribution in [-0.2, 0) is 14.8 Å². The Labute approximate surface area is 148 Å². The molecule has 0 spiro atoms. The van der Waals surface area contributed by atoms with Crippen LogP contribution in [0.2, 0.25) is 0 Å². The highest BCUT2D eigenvalue weighted by Gasteiger charge is 2.17. The van der Waals surface area contributed by atoms with Gasteiger partial charge in [-0.1, -0.05) is 12.1 Å². The minimum atomic E-state index is -3.64. The number of anilines is 1. The third-order valence-electron chi connectivity index (χ3n) is 3.70. The van der Waals surface area contributed by atoms with Gasteiger partial charge in [-0.3, -0.25) is 4.79 Å². The van der Waals surface area contributed by atoms with E-state index in [4.69, 9.17) is 0 Å². The Kier molecular flexibility index (Phi) is 5.97. The van der Waals surface area contributed by atoms with Crippen LogP contribution >= 0.6 is 0 Å². The summed E-state index contributed by atoms with van der Waals surface area (Å²) in [6.07, 6.45) is 1.65. The summed E-state index contributed by atoms with van der Waals surface area (Å²) in [5.41, 5.74) is 1.54. The molecule has 7 nitrogen and oxygen atoms in total. The summed E-state index contributed by atoms with van der Waals surface area (Å²) >= 11 is 0. The van der Waals surface area contributed by atoms with Gasteiger partial charge in [0, 0.05) is 25.1 Å². The summed E-state index contributed by atoms with van der Waals surface area (Å²) < 4.78 is 29.0. The van der Waals surface area contributed by atoms with Crippen molar-refractivity contribution < 1.29 is 13.2 Å². The van der Waals surface area contributed by atoms with Crippen molar-refractivity contribution in [2.75, 3.05) is 11.9 Å². The Hall–Kier alpha value is -2.19. The first-order chi connectivity index (χ1) is 11.7. The number of carbonyl (C=O) groups excluding carboxylic acids is 1. The number of carbonyl (C=O) groups is 1. The zero-order valence-electron chi connectivity index (χ0n) is 14.9. The molecular weight excluding hydrogens is 340 g/mol. The molecular formula is C17H24N4O3S. The van der Waals surface area contributed by atoms with Gasteiger partial charge in [0.25, 0.3) is 0 Å². The van der Waals surface area contributed by atoms with Crippen LogP contribution in [0.1, 0.15) is 37.4 Å². The molecule has 0 atom stereocenters. The van der Waals surface area contributed by atoms with Crippen molar-refractivity contribution in [3.8, 4) is 0 Å². The fourth-order valence-electron chi connectivity index (χ4n) is 2.40. The summed E-state index contributed by atoms with van der Waals surface area (Å²) in [5, 5.41) is 6.88. The average molecular weight is 364 g/mol. The molecule has 2 rings (SSSR count). The van der Waals surface area contributed by atoms with Crippen molar-refractivity contribution in [2.45, 2.75) is 45.1 Å². The topological polar surface area (TPSA) is 93.1 Å². The van der Waals surface area contributed by atoms with Gasteiger partial charge in [0.2, 0.25) is 15.9 Å². The van der Waals surface area contributed by atoms with Crippen molar-refractivity contribution in [1.82, 2.24) is 14.5 Å². The first kappa shape index (κ1) is 19.1. The molecule has 1 amide bonds. The largest absolute Gasteiger partial charge is 0.311 e. The molecule has 1 aromatic carbocycles. The molecule has 0 saturated carbocycles. The van der Waals surface area contributed by atoms with Gasteiger partial charge in [-0.15, -0.1) is 0 Å². The van der Waals surface area contributed by atoms with E-state index in [1.54, 1.807) is 36.0 Å². The van der Waals surface area contributed by atoms with E-state index in [0.29, 0.717) is 11.4 Å². The van der Waals surface area contributed by atoms with Gasteiger partial charge in [0.1, 0.15) is 5.82 Å². The Morgan fingerprint density at radius 3 is 2.64 bits per heavy atom. The zero-order valence-corrected chi connectivity index (χ0v) is 15.7. The Bertz CT molecular complexity index is 857. The van der Waals surface area contributed by atoms with Gasteiger partial charge >= 0.3 is 0 Å². The van der Waals surface area contributed by atoms with Crippen LogP contribution < -0.4 is 10.0 Å². The van der Waals surface area contributed by atoms with E-state index in [9.17, 15) is 13.2 Å². The second-order valence-electron chi connectivity index (χ2n) is 6.22. The molecule has 1 heterocycles. The fraction of sp³-hybridized carbons (Fsp3) is 0.412. The maximum atomic E-state index is 12.4. The maximum absolute atomic E-state index is 12.4. The number of sulfonamides is 1. The molecule has 136 valence electrons. The Morgan fingerprint density at radius 2 is 1.96 bits per heavy atom. The lowest BCUT2D eigenvalue weighted by Crippen LogP contribution is -2.28. The van der Waals surface area contributed by atoms with Crippen LogP contribution in [0.4, 0.5) is 5.82 Å². The third kappa shape index (κ3) is 4.90. The number of benzene rings is 1. The predicted molar refractivity (Wildman–Crippen MR) is 97.0 cm³/mol. The van der Waals surface area contributed by atoms with E-state index in [-0.39, 0.29) is 29.8 Å². The lowest BCUT2D eigenvalue weighted by molar-refractivity contribution is -0.116.